The Balaban J connectivity index is 1.78. The van der Waals surface area contributed by atoms with Crippen LogP contribution in [0.5, 0.6) is 0 Å². The molecule has 24 heavy (non-hydrogen) atoms. The Kier molecular flexibility index (Phi) is 3.80. The average Bonchev–Trinajstić information content (AvgIpc) is 3.32. The summed E-state index contributed by atoms with van der Waals surface area (Å²) in [5.41, 5.74) is 10.8. The number of hydrazine groups is 1. The van der Waals surface area contributed by atoms with E-state index in [1.807, 2.05) is 6.07 Å². The normalized spacial score (nSPS) is 15.9. The summed E-state index contributed by atoms with van der Waals surface area (Å²) in [5, 5.41) is 2.15. The van der Waals surface area contributed by atoms with Crippen molar-refractivity contribution in [1.82, 2.24) is 5.43 Å². The van der Waals surface area contributed by atoms with Crippen LogP contribution >= 0.6 is 0 Å². The highest BCUT2D eigenvalue weighted by Gasteiger charge is 2.25. The lowest BCUT2D eigenvalue weighted by Crippen LogP contribution is -2.29. The number of nitrogens with one attached hydrogen (secondary N) is 1. The summed E-state index contributed by atoms with van der Waals surface area (Å²) in [6, 6.07) is 19.3. The molecule has 0 spiro atoms. The van der Waals surface area contributed by atoms with Crippen LogP contribution in [-0.4, -0.2) is 0 Å². The predicted octanol–water partition coefficient (Wildman–Crippen LogP) is 4.99. The van der Waals surface area contributed by atoms with Crippen LogP contribution < -0.4 is 10.4 Å². The van der Waals surface area contributed by atoms with E-state index in [0.29, 0.717) is 0 Å². The molecule has 2 aromatic rings. The maximum Gasteiger partial charge on any atom is 0.0796 e. The highest BCUT2D eigenvalue weighted by atomic mass is 15.5. The summed E-state index contributed by atoms with van der Waals surface area (Å²) in [6.07, 6.45) is 11.6. The predicted molar refractivity (Wildman–Crippen MR) is 101 cm³/mol. The fourth-order valence-electron chi connectivity index (χ4n) is 3.12. The molecule has 1 aliphatic carbocycles. The lowest BCUT2D eigenvalue weighted by molar-refractivity contribution is 0.889. The van der Waals surface area contributed by atoms with Gasteiger partial charge < -0.3 is 5.43 Å². The van der Waals surface area contributed by atoms with Gasteiger partial charge in [0.05, 0.1) is 11.4 Å². The molecule has 2 aromatic carbocycles. The zero-order valence-electron chi connectivity index (χ0n) is 13.7. The molecule has 0 atom stereocenters. The lowest BCUT2D eigenvalue weighted by Gasteiger charge is -2.23. The minimum absolute atomic E-state index is 1.06. The smallest absolute Gasteiger partial charge is 0.0796 e. The molecule has 2 heteroatoms. The molecule has 118 valence electrons. The molecule has 2 nitrogen and oxygen atoms in total. The third-order valence-electron chi connectivity index (χ3n) is 4.44. The Morgan fingerprint density at radius 1 is 0.875 bits per heavy atom. The SMILES string of the molecule is CCc1ccc(C2=CNN(c3ccccc3)C2=C2C=CC=C2)cc1. The Labute approximate surface area is 143 Å². The maximum absolute atomic E-state index is 3.42. The number of nitrogens with zero attached hydrogens (tertiary/aromatic N) is 1. The molecule has 2 aliphatic rings. The number of aryl methyl sites for hydroxylation is 1. The molecule has 4 rings (SSSR count). The van der Waals surface area contributed by atoms with E-state index in [9.17, 15) is 0 Å². The van der Waals surface area contributed by atoms with Gasteiger partial charge in [-0.25, -0.2) is 0 Å². The summed E-state index contributed by atoms with van der Waals surface area (Å²) in [4.78, 5) is 0. The van der Waals surface area contributed by atoms with Crippen LogP contribution in [0.2, 0.25) is 0 Å². The molecule has 0 amide bonds. The first-order chi connectivity index (χ1) is 11.9. The summed E-state index contributed by atoms with van der Waals surface area (Å²) in [5.74, 6) is 0. The second-order valence-corrected chi connectivity index (χ2v) is 5.93. The Morgan fingerprint density at radius 2 is 1.58 bits per heavy atom. The van der Waals surface area contributed by atoms with Gasteiger partial charge in [-0.2, -0.15) is 0 Å². The Morgan fingerprint density at radius 3 is 2.25 bits per heavy atom. The molecule has 0 unspecified atom stereocenters. The van der Waals surface area contributed by atoms with Gasteiger partial charge in [-0.1, -0.05) is 73.7 Å². The molecular weight excluding hydrogens is 292 g/mol. The quantitative estimate of drug-likeness (QED) is 0.858. The van der Waals surface area contributed by atoms with Crippen molar-refractivity contribution in [2.75, 3.05) is 5.01 Å². The van der Waals surface area contributed by atoms with E-state index in [4.69, 9.17) is 0 Å². The zero-order valence-corrected chi connectivity index (χ0v) is 13.7. The topological polar surface area (TPSA) is 15.3 Å². The van der Waals surface area contributed by atoms with Crippen molar-refractivity contribution < 1.29 is 0 Å². The molecule has 0 bridgehead atoms. The van der Waals surface area contributed by atoms with Crippen molar-refractivity contribution in [3.8, 4) is 0 Å². The van der Waals surface area contributed by atoms with Crippen molar-refractivity contribution >= 4 is 11.3 Å². The third-order valence-corrected chi connectivity index (χ3v) is 4.44. The molecule has 0 saturated heterocycles. The van der Waals surface area contributed by atoms with Crippen molar-refractivity contribution in [3.63, 3.8) is 0 Å². The van der Waals surface area contributed by atoms with Crippen LogP contribution in [-0.2, 0) is 6.42 Å². The minimum atomic E-state index is 1.06. The number of allylic oxidation sites excluding steroid dienone is 6. The number of rotatable bonds is 3. The number of para-hydroxylation sites is 1. The first-order valence-electron chi connectivity index (χ1n) is 8.37. The van der Waals surface area contributed by atoms with Crippen LogP contribution in [0.1, 0.15) is 18.1 Å². The molecule has 1 aliphatic heterocycles. The average molecular weight is 312 g/mol. The fourth-order valence-corrected chi connectivity index (χ4v) is 3.12. The van der Waals surface area contributed by atoms with Crippen LogP contribution in [0.25, 0.3) is 5.57 Å². The van der Waals surface area contributed by atoms with Gasteiger partial charge in [-0.3, -0.25) is 5.01 Å². The first-order valence-corrected chi connectivity index (χ1v) is 8.37. The molecule has 0 fully saturated rings. The van der Waals surface area contributed by atoms with Gasteiger partial charge >= 0.3 is 0 Å². The first kappa shape index (κ1) is 14.6. The second kappa shape index (κ2) is 6.25. The van der Waals surface area contributed by atoms with E-state index in [-0.39, 0.29) is 0 Å². The van der Waals surface area contributed by atoms with E-state index in [1.165, 1.54) is 28.0 Å². The summed E-state index contributed by atoms with van der Waals surface area (Å²) in [6.45, 7) is 2.18. The molecule has 1 heterocycles. The van der Waals surface area contributed by atoms with Gasteiger partial charge in [-0.15, -0.1) is 0 Å². The highest BCUT2D eigenvalue weighted by Crippen LogP contribution is 2.36. The van der Waals surface area contributed by atoms with Crippen LogP contribution in [0.4, 0.5) is 5.69 Å². The van der Waals surface area contributed by atoms with E-state index >= 15 is 0 Å². The van der Waals surface area contributed by atoms with E-state index in [1.54, 1.807) is 0 Å². The van der Waals surface area contributed by atoms with E-state index < -0.39 is 0 Å². The maximum atomic E-state index is 3.42. The lowest BCUT2D eigenvalue weighted by atomic mass is 9.99. The largest absolute Gasteiger partial charge is 0.300 e. The molecular formula is C22H20N2. The molecule has 1 N–H and O–H groups in total. The van der Waals surface area contributed by atoms with E-state index in [0.717, 1.165) is 12.1 Å². The molecule has 0 radical (unpaired) electrons. The van der Waals surface area contributed by atoms with Crippen molar-refractivity contribution in [2.24, 2.45) is 0 Å². The highest BCUT2D eigenvalue weighted by molar-refractivity contribution is 5.88. The van der Waals surface area contributed by atoms with Crippen molar-refractivity contribution in [2.45, 2.75) is 13.3 Å². The second-order valence-electron chi connectivity index (χ2n) is 5.93. The monoisotopic (exact) mass is 312 g/mol. The van der Waals surface area contributed by atoms with Gasteiger partial charge in [-0.05, 0) is 29.7 Å². The van der Waals surface area contributed by atoms with Crippen LogP contribution in [0.3, 0.4) is 0 Å². The van der Waals surface area contributed by atoms with Crippen LogP contribution in [0.15, 0.2) is 96.4 Å². The standard InChI is InChI=1S/C22H20N2/c1-2-17-12-14-18(15-13-17)21-16-23-24(20-10-4-3-5-11-20)22(21)19-8-6-7-9-19/h3-16,23H,2H2,1H3. The van der Waals surface area contributed by atoms with Gasteiger partial charge in [0.1, 0.15) is 0 Å². The van der Waals surface area contributed by atoms with E-state index in [2.05, 4.69) is 96.4 Å². The number of benzene rings is 2. The summed E-state index contributed by atoms with van der Waals surface area (Å²) in [7, 11) is 0. The summed E-state index contributed by atoms with van der Waals surface area (Å²) < 4.78 is 0. The minimum Gasteiger partial charge on any atom is -0.300 e. The Hall–Kier alpha value is -3.00. The van der Waals surface area contributed by atoms with Gasteiger partial charge in [0.25, 0.3) is 0 Å². The third kappa shape index (κ3) is 2.56. The zero-order chi connectivity index (χ0) is 16.4. The number of anilines is 1. The van der Waals surface area contributed by atoms with Crippen LogP contribution in [0, 0.1) is 0 Å². The fraction of sp³-hybridized carbons (Fsp3) is 0.0909. The number of hydrogen-bond donors (Lipinski definition) is 1. The van der Waals surface area contributed by atoms with Gasteiger partial charge in [0.15, 0.2) is 0 Å². The van der Waals surface area contributed by atoms with Crippen molar-refractivity contribution in [1.29, 1.82) is 0 Å². The van der Waals surface area contributed by atoms with Crippen molar-refractivity contribution in [3.05, 3.63) is 107 Å². The summed E-state index contributed by atoms with van der Waals surface area (Å²) >= 11 is 0. The molecule has 0 saturated carbocycles. The molecule has 0 aromatic heterocycles. The van der Waals surface area contributed by atoms with Gasteiger partial charge in [0, 0.05) is 17.3 Å². The number of hydrogen-bond acceptors (Lipinski definition) is 2. The van der Waals surface area contributed by atoms with Gasteiger partial charge in [0.2, 0.25) is 0 Å². The Bertz CT molecular complexity index is 839.